The van der Waals surface area contributed by atoms with Gasteiger partial charge in [0.05, 0.1) is 18.0 Å². The molecule has 4 nitrogen and oxygen atoms in total. The van der Waals surface area contributed by atoms with Crippen LogP contribution in [0.2, 0.25) is 0 Å². The van der Waals surface area contributed by atoms with Crippen LogP contribution in [-0.2, 0) is 0 Å². The molecule has 1 aromatic heterocycles. The van der Waals surface area contributed by atoms with E-state index >= 15 is 0 Å². The molecule has 0 aliphatic carbocycles. The Kier molecular flexibility index (Phi) is 2.70. The second-order valence-electron chi connectivity index (χ2n) is 3.56. The molecule has 0 radical (unpaired) electrons. The lowest BCUT2D eigenvalue weighted by molar-refractivity contribution is 0.459. The lowest BCUT2D eigenvalue weighted by Crippen LogP contribution is -2.30. The molecule has 16 heavy (non-hydrogen) atoms. The van der Waals surface area contributed by atoms with Crippen LogP contribution in [-0.4, -0.2) is 16.6 Å². The van der Waals surface area contributed by atoms with Crippen LogP contribution in [0.4, 0.5) is 4.39 Å². The van der Waals surface area contributed by atoms with E-state index < -0.39 is 5.82 Å². The van der Waals surface area contributed by atoms with Gasteiger partial charge >= 0.3 is 0 Å². The summed E-state index contributed by atoms with van der Waals surface area (Å²) >= 11 is 0. The van der Waals surface area contributed by atoms with Crippen LogP contribution in [0.15, 0.2) is 29.3 Å². The molecule has 0 aliphatic rings. The maximum atomic E-state index is 13.5. The number of nitrogens with one attached hydrogen (secondary N) is 1. The highest BCUT2D eigenvalue weighted by Gasteiger charge is 2.11. The van der Waals surface area contributed by atoms with Crippen molar-refractivity contribution in [3.8, 4) is 0 Å². The predicted molar refractivity (Wildman–Crippen MR) is 59.7 cm³/mol. The third-order valence-electron chi connectivity index (χ3n) is 2.60. The second-order valence-corrected chi connectivity index (χ2v) is 3.56. The molecule has 0 bridgehead atoms. The van der Waals surface area contributed by atoms with Gasteiger partial charge in [0.25, 0.3) is 5.56 Å². The number of fused-ring (bicyclic) bond motifs is 1. The lowest BCUT2D eigenvalue weighted by Gasteiger charge is -2.13. The van der Waals surface area contributed by atoms with E-state index in [4.69, 9.17) is 0 Å². The van der Waals surface area contributed by atoms with E-state index in [2.05, 4.69) is 10.3 Å². The molecule has 0 spiro atoms. The van der Waals surface area contributed by atoms with E-state index in [1.807, 2.05) is 0 Å². The zero-order chi connectivity index (χ0) is 11.7. The summed E-state index contributed by atoms with van der Waals surface area (Å²) in [6, 6.07) is 4.42. The van der Waals surface area contributed by atoms with Crippen molar-refractivity contribution in [1.82, 2.24) is 14.9 Å². The molecular formula is C11H12FN3O. The minimum Gasteiger partial charge on any atom is -0.300 e. The maximum absolute atomic E-state index is 13.5. The van der Waals surface area contributed by atoms with E-state index in [1.54, 1.807) is 20.0 Å². The topological polar surface area (TPSA) is 46.9 Å². The average Bonchev–Trinajstić information content (AvgIpc) is 2.28. The van der Waals surface area contributed by atoms with Gasteiger partial charge in [-0.1, -0.05) is 6.07 Å². The van der Waals surface area contributed by atoms with Crippen molar-refractivity contribution in [1.29, 1.82) is 0 Å². The summed E-state index contributed by atoms with van der Waals surface area (Å²) in [5.74, 6) is -0.535. The van der Waals surface area contributed by atoms with Crippen LogP contribution in [0, 0.1) is 5.82 Å². The molecule has 0 aliphatic heterocycles. The van der Waals surface area contributed by atoms with Crippen molar-refractivity contribution in [2.45, 2.75) is 13.1 Å². The summed E-state index contributed by atoms with van der Waals surface area (Å²) in [6.07, 6.45) is 1.20. The molecule has 1 unspecified atom stereocenters. The Morgan fingerprint density at radius 2 is 2.25 bits per heavy atom. The molecule has 84 valence electrons. The highest BCUT2D eigenvalue weighted by Crippen LogP contribution is 2.11. The van der Waals surface area contributed by atoms with E-state index in [0.29, 0.717) is 5.52 Å². The summed E-state index contributed by atoms with van der Waals surface area (Å²) in [7, 11) is 1.72. The summed E-state index contributed by atoms with van der Waals surface area (Å²) in [5, 5.41) is 2.94. The Morgan fingerprint density at radius 3 is 2.94 bits per heavy atom. The van der Waals surface area contributed by atoms with Crippen molar-refractivity contribution in [2.75, 3.05) is 7.05 Å². The predicted octanol–water partition coefficient (Wildman–Crippen LogP) is 1.27. The van der Waals surface area contributed by atoms with Crippen molar-refractivity contribution < 1.29 is 4.39 Å². The first kappa shape index (κ1) is 10.8. The van der Waals surface area contributed by atoms with Gasteiger partial charge in [-0.3, -0.25) is 9.36 Å². The summed E-state index contributed by atoms with van der Waals surface area (Å²) in [5.41, 5.74) is 0.00880. The zero-order valence-electron chi connectivity index (χ0n) is 9.07. The van der Waals surface area contributed by atoms with Crippen molar-refractivity contribution >= 4 is 10.9 Å². The molecule has 2 rings (SSSR count). The van der Waals surface area contributed by atoms with E-state index in [-0.39, 0.29) is 17.1 Å². The largest absolute Gasteiger partial charge is 0.300 e. The average molecular weight is 221 g/mol. The second kappa shape index (κ2) is 4.02. The fraction of sp³-hybridized carbons (Fsp3) is 0.273. The molecule has 1 N–H and O–H groups in total. The number of aromatic nitrogens is 2. The van der Waals surface area contributed by atoms with Gasteiger partial charge in [0.2, 0.25) is 0 Å². The fourth-order valence-corrected chi connectivity index (χ4v) is 1.55. The van der Waals surface area contributed by atoms with Gasteiger partial charge in [-0.05, 0) is 26.1 Å². The Balaban J connectivity index is 2.79. The molecule has 0 fully saturated rings. The van der Waals surface area contributed by atoms with Crippen molar-refractivity contribution in [2.24, 2.45) is 0 Å². The summed E-state index contributed by atoms with van der Waals surface area (Å²) < 4.78 is 14.9. The molecule has 1 aromatic carbocycles. The number of hydrogen-bond acceptors (Lipinski definition) is 3. The quantitative estimate of drug-likeness (QED) is 0.830. The van der Waals surface area contributed by atoms with Gasteiger partial charge < -0.3 is 5.32 Å². The van der Waals surface area contributed by atoms with Crippen LogP contribution in [0.3, 0.4) is 0 Å². The molecular weight excluding hydrogens is 209 g/mol. The smallest absolute Gasteiger partial charge is 0.265 e. The van der Waals surface area contributed by atoms with Gasteiger partial charge in [-0.2, -0.15) is 0 Å². The van der Waals surface area contributed by atoms with E-state index in [9.17, 15) is 9.18 Å². The lowest BCUT2D eigenvalue weighted by atomic mass is 10.2. The normalized spacial score (nSPS) is 12.9. The SMILES string of the molecule is CNC(C)n1cnc2cccc(F)c2c1=O. The van der Waals surface area contributed by atoms with Gasteiger partial charge in [0.1, 0.15) is 11.2 Å². The van der Waals surface area contributed by atoms with E-state index in [1.165, 1.54) is 23.0 Å². The highest BCUT2D eigenvalue weighted by molar-refractivity contribution is 5.77. The number of nitrogens with zero attached hydrogens (tertiary/aromatic N) is 2. The zero-order valence-corrected chi connectivity index (χ0v) is 9.07. The Hall–Kier alpha value is -1.75. The Bertz CT molecular complexity index is 579. The molecule has 1 heterocycles. The first-order chi connectivity index (χ1) is 7.65. The van der Waals surface area contributed by atoms with Gasteiger partial charge in [-0.25, -0.2) is 9.37 Å². The first-order valence-corrected chi connectivity index (χ1v) is 4.97. The van der Waals surface area contributed by atoms with Crippen LogP contribution in [0.1, 0.15) is 13.1 Å². The monoisotopic (exact) mass is 221 g/mol. The van der Waals surface area contributed by atoms with Gasteiger partial charge in [-0.15, -0.1) is 0 Å². The van der Waals surface area contributed by atoms with Crippen LogP contribution in [0.5, 0.6) is 0 Å². The number of rotatable bonds is 2. The highest BCUT2D eigenvalue weighted by atomic mass is 19.1. The minimum atomic E-state index is -0.535. The number of benzene rings is 1. The van der Waals surface area contributed by atoms with Crippen molar-refractivity contribution in [3.63, 3.8) is 0 Å². The van der Waals surface area contributed by atoms with Gasteiger partial charge in [0.15, 0.2) is 0 Å². The molecule has 0 saturated heterocycles. The van der Waals surface area contributed by atoms with Crippen molar-refractivity contribution in [3.05, 3.63) is 40.7 Å². The fourth-order valence-electron chi connectivity index (χ4n) is 1.55. The molecule has 0 amide bonds. The Morgan fingerprint density at radius 1 is 1.50 bits per heavy atom. The van der Waals surface area contributed by atoms with Crippen LogP contribution >= 0.6 is 0 Å². The Labute approximate surface area is 91.7 Å². The van der Waals surface area contributed by atoms with Crippen LogP contribution in [0.25, 0.3) is 10.9 Å². The number of halogens is 1. The molecule has 5 heteroatoms. The van der Waals surface area contributed by atoms with Gasteiger partial charge in [0, 0.05) is 0 Å². The van der Waals surface area contributed by atoms with E-state index in [0.717, 1.165) is 0 Å². The first-order valence-electron chi connectivity index (χ1n) is 4.97. The third kappa shape index (κ3) is 1.59. The minimum absolute atomic E-state index is 0.0344. The summed E-state index contributed by atoms with van der Waals surface area (Å²) in [6.45, 7) is 1.80. The maximum Gasteiger partial charge on any atom is 0.265 e. The standard InChI is InChI=1S/C11H12FN3O/c1-7(13-2)15-6-14-9-5-3-4-8(12)10(9)11(15)16/h3-7,13H,1-2H3. The molecule has 0 saturated carbocycles. The third-order valence-corrected chi connectivity index (χ3v) is 2.60. The summed E-state index contributed by atoms with van der Waals surface area (Å²) in [4.78, 5) is 16.0. The molecule has 1 atom stereocenters. The number of hydrogen-bond donors (Lipinski definition) is 1. The molecule has 2 aromatic rings. The van der Waals surface area contributed by atoms with Crippen LogP contribution < -0.4 is 10.9 Å².